The highest BCUT2D eigenvalue weighted by molar-refractivity contribution is 5.86. The number of alkyl carbamates (subject to hydrolysis) is 1. The Morgan fingerprint density at radius 3 is 2.47 bits per heavy atom. The molecule has 0 heterocycles. The van der Waals surface area contributed by atoms with Gasteiger partial charge >= 0.3 is 12.1 Å². The van der Waals surface area contributed by atoms with Gasteiger partial charge in [-0.05, 0) is 19.8 Å². The summed E-state index contributed by atoms with van der Waals surface area (Å²) in [6, 6.07) is 0.274. The first kappa shape index (κ1) is 11.6. The lowest BCUT2D eigenvalue weighted by molar-refractivity contribution is -0.139. The van der Waals surface area contributed by atoms with Crippen molar-refractivity contribution in [1.82, 2.24) is 5.32 Å². The maximum absolute atomic E-state index is 11.0. The number of nitrogens with one attached hydrogen (secondary N) is 1. The number of carbonyl (C=O) groups excluding carboxylic acids is 2. The van der Waals surface area contributed by atoms with E-state index in [1.165, 1.54) is 0 Å². The van der Waals surface area contributed by atoms with E-state index >= 15 is 0 Å². The van der Waals surface area contributed by atoms with E-state index in [0.717, 1.165) is 12.8 Å². The SMILES string of the molecule is C=C(C)C(=O)OCCOC(=O)NC1CC1. The Morgan fingerprint density at radius 1 is 1.33 bits per heavy atom. The number of rotatable bonds is 5. The van der Waals surface area contributed by atoms with Crippen molar-refractivity contribution in [2.75, 3.05) is 13.2 Å². The van der Waals surface area contributed by atoms with E-state index < -0.39 is 12.1 Å². The molecule has 5 nitrogen and oxygen atoms in total. The third-order valence-corrected chi connectivity index (χ3v) is 1.80. The molecule has 84 valence electrons. The van der Waals surface area contributed by atoms with Crippen LogP contribution in [-0.4, -0.2) is 31.3 Å². The molecule has 1 saturated carbocycles. The highest BCUT2D eigenvalue weighted by atomic mass is 16.6. The number of amides is 1. The third kappa shape index (κ3) is 5.05. The van der Waals surface area contributed by atoms with Crippen LogP contribution in [0.3, 0.4) is 0 Å². The Bertz CT molecular complexity index is 271. The fraction of sp³-hybridized carbons (Fsp3) is 0.600. The van der Waals surface area contributed by atoms with Gasteiger partial charge in [0.2, 0.25) is 0 Å². The minimum absolute atomic E-state index is 0.0593. The van der Waals surface area contributed by atoms with E-state index in [-0.39, 0.29) is 19.3 Å². The molecule has 0 radical (unpaired) electrons. The molecule has 15 heavy (non-hydrogen) atoms. The molecule has 1 aliphatic rings. The quantitative estimate of drug-likeness (QED) is 0.420. The molecule has 1 N–H and O–H groups in total. The van der Waals surface area contributed by atoms with E-state index in [0.29, 0.717) is 5.57 Å². The molecule has 5 heteroatoms. The number of carbonyl (C=O) groups is 2. The predicted molar refractivity (Wildman–Crippen MR) is 53.3 cm³/mol. The Labute approximate surface area is 88.4 Å². The van der Waals surface area contributed by atoms with Crippen molar-refractivity contribution in [3.63, 3.8) is 0 Å². The van der Waals surface area contributed by atoms with Crippen LogP contribution in [0, 0.1) is 0 Å². The van der Waals surface area contributed by atoms with Gasteiger partial charge in [-0.25, -0.2) is 9.59 Å². The summed E-state index contributed by atoms with van der Waals surface area (Å²) in [6.45, 7) is 5.11. The molecule has 0 aromatic carbocycles. The van der Waals surface area contributed by atoms with Gasteiger partial charge in [-0.1, -0.05) is 6.58 Å². The highest BCUT2D eigenvalue weighted by Crippen LogP contribution is 2.18. The van der Waals surface area contributed by atoms with Crippen LogP contribution in [-0.2, 0) is 14.3 Å². The van der Waals surface area contributed by atoms with Crippen molar-refractivity contribution < 1.29 is 19.1 Å². The van der Waals surface area contributed by atoms with Crippen LogP contribution in [0.4, 0.5) is 4.79 Å². The first-order chi connectivity index (χ1) is 7.09. The van der Waals surface area contributed by atoms with Crippen LogP contribution in [0.15, 0.2) is 12.2 Å². The number of hydrogen-bond acceptors (Lipinski definition) is 4. The van der Waals surface area contributed by atoms with Crippen LogP contribution in [0.5, 0.6) is 0 Å². The van der Waals surface area contributed by atoms with Crippen LogP contribution < -0.4 is 5.32 Å². The Balaban J connectivity index is 1.98. The van der Waals surface area contributed by atoms with Gasteiger partial charge in [-0.15, -0.1) is 0 Å². The monoisotopic (exact) mass is 213 g/mol. The summed E-state index contributed by atoms with van der Waals surface area (Å²) in [7, 11) is 0. The van der Waals surface area contributed by atoms with Gasteiger partial charge in [0, 0.05) is 11.6 Å². The Hall–Kier alpha value is -1.52. The summed E-state index contributed by atoms with van der Waals surface area (Å²) < 4.78 is 9.50. The van der Waals surface area contributed by atoms with Crippen molar-refractivity contribution in [2.45, 2.75) is 25.8 Å². The van der Waals surface area contributed by atoms with Gasteiger partial charge in [0.25, 0.3) is 0 Å². The van der Waals surface area contributed by atoms with E-state index in [9.17, 15) is 9.59 Å². The fourth-order valence-electron chi connectivity index (χ4n) is 0.828. The molecule has 1 rings (SSSR count). The highest BCUT2D eigenvalue weighted by Gasteiger charge is 2.23. The standard InChI is InChI=1S/C10H15NO4/c1-7(2)9(12)14-5-6-15-10(13)11-8-3-4-8/h8H,1,3-6H2,2H3,(H,11,13). The van der Waals surface area contributed by atoms with Gasteiger partial charge in [0.1, 0.15) is 13.2 Å². The first-order valence-corrected chi connectivity index (χ1v) is 4.85. The van der Waals surface area contributed by atoms with Crippen molar-refractivity contribution in [3.8, 4) is 0 Å². The van der Waals surface area contributed by atoms with E-state index in [1.807, 2.05) is 0 Å². The Morgan fingerprint density at radius 2 is 1.93 bits per heavy atom. The van der Waals surface area contributed by atoms with Crippen LogP contribution >= 0.6 is 0 Å². The lowest BCUT2D eigenvalue weighted by atomic mass is 10.4. The molecule has 0 aromatic heterocycles. The molecule has 1 amide bonds. The largest absolute Gasteiger partial charge is 0.459 e. The van der Waals surface area contributed by atoms with Gasteiger partial charge in [0.15, 0.2) is 0 Å². The maximum Gasteiger partial charge on any atom is 0.407 e. The molecule has 0 spiro atoms. The average molecular weight is 213 g/mol. The molecular formula is C10H15NO4. The molecule has 0 atom stereocenters. The summed E-state index contributed by atoms with van der Waals surface area (Å²) in [4.78, 5) is 21.9. The lowest BCUT2D eigenvalue weighted by Gasteiger charge is -2.06. The number of hydrogen-bond donors (Lipinski definition) is 1. The topological polar surface area (TPSA) is 64.6 Å². The minimum atomic E-state index is -0.471. The molecule has 0 saturated heterocycles. The van der Waals surface area contributed by atoms with Crippen molar-refractivity contribution in [1.29, 1.82) is 0 Å². The molecule has 0 aromatic rings. The predicted octanol–water partition coefficient (Wildman–Crippen LogP) is 0.994. The fourth-order valence-corrected chi connectivity index (χ4v) is 0.828. The molecule has 0 bridgehead atoms. The van der Waals surface area contributed by atoms with E-state index in [4.69, 9.17) is 9.47 Å². The zero-order chi connectivity index (χ0) is 11.3. The molecule has 1 aliphatic carbocycles. The smallest absolute Gasteiger partial charge is 0.407 e. The molecule has 0 aliphatic heterocycles. The van der Waals surface area contributed by atoms with E-state index in [2.05, 4.69) is 11.9 Å². The van der Waals surface area contributed by atoms with Crippen LogP contribution in [0.2, 0.25) is 0 Å². The minimum Gasteiger partial charge on any atom is -0.459 e. The molecule has 0 unspecified atom stereocenters. The molecule has 1 fully saturated rings. The summed E-state index contributed by atoms with van der Waals surface area (Å²) in [5, 5.41) is 2.65. The maximum atomic E-state index is 11.0. The zero-order valence-corrected chi connectivity index (χ0v) is 8.75. The Kier molecular flexibility index (Phi) is 4.15. The molecular weight excluding hydrogens is 198 g/mol. The van der Waals surface area contributed by atoms with Crippen molar-refractivity contribution >= 4 is 12.1 Å². The average Bonchev–Trinajstić information content (AvgIpc) is 2.95. The third-order valence-electron chi connectivity index (χ3n) is 1.80. The van der Waals surface area contributed by atoms with Crippen molar-refractivity contribution in [3.05, 3.63) is 12.2 Å². The second-order valence-corrected chi connectivity index (χ2v) is 3.47. The zero-order valence-electron chi connectivity index (χ0n) is 8.75. The lowest BCUT2D eigenvalue weighted by Crippen LogP contribution is -2.27. The van der Waals surface area contributed by atoms with Gasteiger partial charge in [-0.2, -0.15) is 0 Å². The summed E-state index contributed by atoms with van der Waals surface area (Å²) >= 11 is 0. The summed E-state index contributed by atoms with van der Waals surface area (Å²) in [5.41, 5.74) is 0.331. The normalized spacial score (nSPS) is 14.2. The summed E-state index contributed by atoms with van der Waals surface area (Å²) in [5.74, 6) is -0.471. The number of ether oxygens (including phenoxy) is 2. The van der Waals surface area contributed by atoms with Gasteiger partial charge in [0.05, 0.1) is 0 Å². The van der Waals surface area contributed by atoms with Crippen molar-refractivity contribution in [2.24, 2.45) is 0 Å². The van der Waals surface area contributed by atoms with E-state index in [1.54, 1.807) is 6.92 Å². The first-order valence-electron chi connectivity index (χ1n) is 4.85. The number of esters is 1. The summed E-state index contributed by atoms with van der Waals surface area (Å²) in [6.07, 6.45) is 1.57. The second kappa shape index (κ2) is 5.38. The van der Waals surface area contributed by atoms with Crippen LogP contribution in [0.1, 0.15) is 19.8 Å². The second-order valence-electron chi connectivity index (χ2n) is 3.47. The van der Waals surface area contributed by atoms with Gasteiger partial charge in [-0.3, -0.25) is 0 Å². The van der Waals surface area contributed by atoms with Gasteiger partial charge < -0.3 is 14.8 Å². The van der Waals surface area contributed by atoms with Crippen LogP contribution in [0.25, 0.3) is 0 Å².